The van der Waals surface area contributed by atoms with Gasteiger partial charge in [-0.05, 0) is 31.5 Å². The highest BCUT2D eigenvalue weighted by molar-refractivity contribution is 7.13. The van der Waals surface area contributed by atoms with Crippen molar-refractivity contribution in [2.75, 3.05) is 59.5 Å². The van der Waals surface area contributed by atoms with Crippen molar-refractivity contribution in [1.29, 1.82) is 0 Å². The lowest BCUT2D eigenvalue weighted by Crippen LogP contribution is -2.49. The van der Waals surface area contributed by atoms with Crippen molar-refractivity contribution in [2.45, 2.75) is 66.2 Å². The summed E-state index contributed by atoms with van der Waals surface area (Å²) in [6.07, 6.45) is -0.601. The highest BCUT2D eigenvalue weighted by atomic mass is 32.1. The van der Waals surface area contributed by atoms with Crippen LogP contribution in [0.25, 0.3) is 10.4 Å². The Labute approximate surface area is 261 Å². The molecule has 0 saturated carbocycles. The monoisotopic (exact) mass is 617 g/mol. The lowest BCUT2D eigenvalue weighted by atomic mass is 9.96. The topological polar surface area (TPSA) is 118 Å². The van der Waals surface area contributed by atoms with E-state index in [0.717, 1.165) is 48.9 Å². The predicted octanol–water partition coefficient (Wildman–Crippen LogP) is 3.17. The summed E-state index contributed by atoms with van der Waals surface area (Å²) in [6.45, 7) is 16.8. The summed E-state index contributed by atoms with van der Waals surface area (Å²) >= 11 is 1.55. The number of aryl methyl sites for hydroxylation is 1. The predicted molar refractivity (Wildman–Crippen MR) is 171 cm³/mol. The molecule has 1 aromatic carbocycles. The summed E-state index contributed by atoms with van der Waals surface area (Å²) in [5.74, 6) is -0.102. The summed E-state index contributed by atoms with van der Waals surface area (Å²) in [4.78, 5) is 38.2. The summed E-state index contributed by atoms with van der Waals surface area (Å²) in [6, 6.07) is 4.25. The molecule has 2 saturated heterocycles. The van der Waals surface area contributed by atoms with Gasteiger partial charge in [0.15, 0.2) is 0 Å². The van der Waals surface area contributed by atoms with Crippen LogP contribution < -0.4 is 10.1 Å². The van der Waals surface area contributed by atoms with Gasteiger partial charge in [0, 0.05) is 57.2 Å². The SMILES string of the molecule is CC.Cc1ncsc1-c1ccc(C(CO)NC(=O)C2CC(O)CN2C(=O)C(C)C(C)C)c(OCCN2CCN(C)CC2)c1. The van der Waals surface area contributed by atoms with Gasteiger partial charge in [-0.3, -0.25) is 14.5 Å². The normalized spacial score (nSPS) is 20.8. The van der Waals surface area contributed by atoms with Gasteiger partial charge in [0.05, 0.1) is 34.8 Å². The first-order valence-corrected chi connectivity index (χ1v) is 16.4. The number of likely N-dealkylation sites (N-methyl/N-ethyl adjacent to an activating group) is 1. The Bertz CT molecular complexity index is 1180. The van der Waals surface area contributed by atoms with Gasteiger partial charge in [-0.15, -0.1) is 11.3 Å². The van der Waals surface area contributed by atoms with Gasteiger partial charge in [-0.1, -0.05) is 46.8 Å². The van der Waals surface area contributed by atoms with Crippen LogP contribution in [-0.4, -0.2) is 113 Å². The number of rotatable bonds is 11. The summed E-state index contributed by atoms with van der Waals surface area (Å²) in [5, 5.41) is 23.7. The molecule has 0 spiro atoms. The summed E-state index contributed by atoms with van der Waals surface area (Å²) in [5.41, 5.74) is 4.37. The molecule has 2 amide bonds. The minimum absolute atomic E-state index is 0.111. The summed E-state index contributed by atoms with van der Waals surface area (Å²) in [7, 11) is 2.13. The standard InChI is InChI=1S/C30H45N5O5S.C2H6/c1-19(2)20(3)30(39)35-16-23(37)15-26(35)29(38)32-25(17-36)24-7-6-22(28-21(4)31-18-41-28)14-27(24)40-13-12-34-10-8-33(5)9-11-34;1-2/h6-7,14,18-20,23,25-26,36-37H,8-13,15-17H2,1-5H3,(H,32,38);1-2H3. The third-order valence-electron chi connectivity index (χ3n) is 8.41. The Morgan fingerprint density at radius 1 is 1.16 bits per heavy atom. The molecule has 2 aromatic rings. The lowest BCUT2D eigenvalue weighted by molar-refractivity contribution is -0.142. The highest BCUT2D eigenvalue weighted by Crippen LogP contribution is 2.35. The average molecular weight is 618 g/mol. The third-order valence-corrected chi connectivity index (χ3v) is 9.39. The number of nitrogens with zero attached hydrogens (tertiary/aromatic N) is 4. The number of aliphatic hydroxyl groups excluding tert-OH is 2. The number of carbonyl (C=O) groups is 2. The number of hydrogen-bond donors (Lipinski definition) is 3. The van der Waals surface area contributed by atoms with E-state index < -0.39 is 24.1 Å². The fourth-order valence-electron chi connectivity index (χ4n) is 5.37. The van der Waals surface area contributed by atoms with Gasteiger partial charge in [0.25, 0.3) is 0 Å². The number of aromatic nitrogens is 1. The molecule has 4 atom stereocenters. The molecule has 0 bridgehead atoms. The Morgan fingerprint density at radius 2 is 1.86 bits per heavy atom. The van der Waals surface area contributed by atoms with Crippen molar-refractivity contribution < 1.29 is 24.5 Å². The van der Waals surface area contributed by atoms with Crippen molar-refractivity contribution in [1.82, 2.24) is 25.0 Å². The maximum absolute atomic E-state index is 13.5. The van der Waals surface area contributed by atoms with Crippen LogP contribution in [0.1, 0.15) is 58.3 Å². The van der Waals surface area contributed by atoms with E-state index in [2.05, 4.69) is 27.1 Å². The van der Waals surface area contributed by atoms with Crippen LogP contribution >= 0.6 is 11.3 Å². The van der Waals surface area contributed by atoms with Gasteiger partial charge in [0.2, 0.25) is 11.8 Å². The van der Waals surface area contributed by atoms with Crippen molar-refractivity contribution in [3.05, 3.63) is 35.0 Å². The van der Waals surface area contributed by atoms with Gasteiger partial charge >= 0.3 is 0 Å². The maximum Gasteiger partial charge on any atom is 0.243 e. The molecule has 43 heavy (non-hydrogen) atoms. The molecule has 4 rings (SSSR count). The van der Waals surface area contributed by atoms with E-state index in [-0.39, 0.29) is 37.3 Å². The number of ether oxygens (including phenoxy) is 1. The summed E-state index contributed by atoms with van der Waals surface area (Å²) < 4.78 is 6.33. The smallest absolute Gasteiger partial charge is 0.243 e. The Morgan fingerprint density at radius 3 is 2.47 bits per heavy atom. The molecule has 1 aromatic heterocycles. The molecular weight excluding hydrogens is 566 g/mol. The fourth-order valence-corrected chi connectivity index (χ4v) is 6.17. The van der Waals surface area contributed by atoms with Gasteiger partial charge in [0.1, 0.15) is 18.4 Å². The molecule has 0 aliphatic carbocycles. The van der Waals surface area contributed by atoms with E-state index in [1.54, 1.807) is 11.3 Å². The highest BCUT2D eigenvalue weighted by Gasteiger charge is 2.41. The van der Waals surface area contributed by atoms with Crippen molar-refractivity contribution >= 4 is 23.2 Å². The number of carbonyl (C=O) groups excluding carboxylic acids is 2. The molecule has 4 unspecified atom stereocenters. The first-order valence-electron chi connectivity index (χ1n) is 15.6. The van der Waals surface area contributed by atoms with Crippen molar-refractivity contribution in [3.8, 4) is 16.2 Å². The quantitative estimate of drug-likeness (QED) is 0.352. The van der Waals surface area contributed by atoms with E-state index in [9.17, 15) is 19.8 Å². The van der Waals surface area contributed by atoms with Crippen LogP contribution in [0.2, 0.25) is 0 Å². The Hall–Kier alpha value is -2.57. The number of amides is 2. The van der Waals surface area contributed by atoms with Gasteiger partial charge in [-0.25, -0.2) is 4.98 Å². The molecule has 11 heteroatoms. The van der Waals surface area contributed by atoms with Crippen LogP contribution in [0, 0.1) is 18.8 Å². The van der Waals surface area contributed by atoms with E-state index in [1.807, 2.05) is 65.3 Å². The molecule has 2 aliphatic rings. The zero-order valence-electron chi connectivity index (χ0n) is 26.9. The number of nitrogens with one attached hydrogen (secondary N) is 1. The number of hydrogen-bond acceptors (Lipinski definition) is 9. The second-order valence-electron chi connectivity index (χ2n) is 11.7. The van der Waals surface area contributed by atoms with Crippen LogP contribution in [-0.2, 0) is 9.59 Å². The maximum atomic E-state index is 13.5. The number of likely N-dealkylation sites (tertiary alicyclic amines) is 1. The van der Waals surface area contributed by atoms with Crippen LogP contribution in [0.15, 0.2) is 23.7 Å². The number of β-amino-alcohol motifs (C(OH)–C–C–N with tert-alkyl or cyclic N) is 1. The van der Waals surface area contributed by atoms with Crippen molar-refractivity contribution in [2.24, 2.45) is 11.8 Å². The molecule has 2 fully saturated rings. The van der Waals surface area contributed by atoms with E-state index in [0.29, 0.717) is 17.9 Å². The minimum Gasteiger partial charge on any atom is -0.492 e. The molecule has 240 valence electrons. The van der Waals surface area contributed by atoms with Gasteiger partial charge in [-0.2, -0.15) is 0 Å². The third kappa shape index (κ3) is 8.98. The van der Waals surface area contributed by atoms with E-state index in [1.165, 1.54) is 4.90 Å². The molecule has 0 radical (unpaired) electrons. The minimum atomic E-state index is -0.798. The molecular formula is C32H51N5O5S. The first kappa shape index (κ1) is 34.9. The van der Waals surface area contributed by atoms with Crippen LogP contribution in [0.5, 0.6) is 5.75 Å². The largest absolute Gasteiger partial charge is 0.492 e. The zero-order chi connectivity index (χ0) is 31.7. The average Bonchev–Trinajstić information content (AvgIpc) is 3.62. The number of piperazine rings is 1. The molecule has 3 N–H and O–H groups in total. The number of thiazole rings is 1. The molecule has 2 aliphatic heterocycles. The van der Waals surface area contributed by atoms with Crippen molar-refractivity contribution in [3.63, 3.8) is 0 Å². The Balaban J connectivity index is 0.00000248. The number of benzene rings is 1. The zero-order valence-corrected chi connectivity index (χ0v) is 27.7. The lowest BCUT2D eigenvalue weighted by Gasteiger charge is -2.32. The van der Waals surface area contributed by atoms with E-state index in [4.69, 9.17) is 4.74 Å². The van der Waals surface area contributed by atoms with Crippen LogP contribution in [0.3, 0.4) is 0 Å². The van der Waals surface area contributed by atoms with Crippen LogP contribution in [0.4, 0.5) is 0 Å². The molecule has 10 nitrogen and oxygen atoms in total. The second kappa shape index (κ2) is 16.5. The fraction of sp³-hybridized carbons (Fsp3) is 0.656. The Kier molecular flexibility index (Phi) is 13.4. The van der Waals surface area contributed by atoms with E-state index >= 15 is 0 Å². The first-order chi connectivity index (χ1) is 20.6. The van der Waals surface area contributed by atoms with Gasteiger partial charge < -0.3 is 30.1 Å². The molecule has 3 heterocycles. The second-order valence-corrected chi connectivity index (χ2v) is 12.5. The number of aliphatic hydroxyl groups is 2.